The van der Waals surface area contributed by atoms with E-state index in [9.17, 15) is 9.59 Å². The standard InChI is InChI=1S/C20H19N3O5/c1-13(27-17(24)12-21-18(25)14-6-4-3-5-7-14)19-22-23-20(28-19)15-8-10-16(26-2)11-9-15/h3-11,13H,12H2,1-2H3,(H,21,25)/t13-/m1/s1. The van der Waals surface area contributed by atoms with E-state index in [-0.39, 0.29) is 18.3 Å². The van der Waals surface area contributed by atoms with Gasteiger partial charge < -0.3 is 19.2 Å². The molecule has 0 aliphatic rings. The second-order valence-corrected chi connectivity index (χ2v) is 5.85. The van der Waals surface area contributed by atoms with E-state index >= 15 is 0 Å². The van der Waals surface area contributed by atoms with Gasteiger partial charge in [0, 0.05) is 11.1 Å². The highest BCUT2D eigenvalue weighted by molar-refractivity contribution is 5.95. The number of aromatic nitrogens is 2. The summed E-state index contributed by atoms with van der Waals surface area (Å²) in [6, 6.07) is 15.7. The SMILES string of the molecule is COc1ccc(-c2nnc([C@@H](C)OC(=O)CNC(=O)c3ccccc3)o2)cc1. The van der Waals surface area contributed by atoms with Gasteiger partial charge in [-0.25, -0.2) is 0 Å². The molecule has 3 rings (SSSR count). The topological polar surface area (TPSA) is 104 Å². The summed E-state index contributed by atoms with van der Waals surface area (Å²) >= 11 is 0. The van der Waals surface area contributed by atoms with Crippen LogP contribution in [0.25, 0.3) is 11.5 Å². The van der Waals surface area contributed by atoms with Gasteiger partial charge in [0.25, 0.3) is 11.8 Å². The Morgan fingerprint density at radius 2 is 1.79 bits per heavy atom. The Bertz CT molecular complexity index is 938. The Morgan fingerprint density at radius 1 is 1.07 bits per heavy atom. The first-order chi connectivity index (χ1) is 13.6. The molecule has 0 unspecified atom stereocenters. The van der Waals surface area contributed by atoms with Crippen LogP contribution in [0.2, 0.25) is 0 Å². The highest BCUT2D eigenvalue weighted by atomic mass is 16.6. The molecule has 1 aromatic heterocycles. The lowest BCUT2D eigenvalue weighted by molar-refractivity contribution is -0.148. The molecule has 0 aliphatic heterocycles. The smallest absolute Gasteiger partial charge is 0.326 e. The Morgan fingerprint density at radius 3 is 2.46 bits per heavy atom. The van der Waals surface area contributed by atoms with Gasteiger partial charge in [-0.15, -0.1) is 10.2 Å². The molecule has 1 N–H and O–H groups in total. The zero-order valence-corrected chi connectivity index (χ0v) is 15.4. The number of ether oxygens (including phenoxy) is 2. The van der Waals surface area contributed by atoms with Crippen LogP contribution in [-0.2, 0) is 9.53 Å². The van der Waals surface area contributed by atoms with Gasteiger partial charge in [-0.3, -0.25) is 9.59 Å². The zero-order valence-electron chi connectivity index (χ0n) is 15.4. The van der Waals surface area contributed by atoms with Crippen molar-refractivity contribution in [2.24, 2.45) is 0 Å². The first-order valence-corrected chi connectivity index (χ1v) is 8.57. The number of nitrogens with one attached hydrogen (secondary N) is 1. The maximum atomic E-state index is 12.0. The van der Waals surface area contributed by atoms with Crippen molar-refractivity contribution in [2.75, 3.05) is 13.7 Å². The van der Waals surface area contributed by atoms with Gasteiger partial charge in [0.1, 0.15) is 12.3 Å². The molecule has 0 fully saturated rings. The third-order valence-corrected chi connectivity index (χ3v) is 3.86. The monoisotopic (exact) mass is 381 g/mol. The summed E-state index contributed by atoms with van der Waals surface area (Å²) in [5.41, 5.74) is 1.18. The number of amides is 1. The van der Waals surface area contributed by atoms with Gasteiger partial charge in [-0.2, -0.15) is 0 Å². The first kappa shape index (κ1) is 19.1. The molecule has 1 heterocycles. The lowest BCUT2D eigenvalue weighted by atomic mass is 10.2. The van der Waals surface area contributed by atoms with Crippen LogP contribution in [0, 0.1) is 0 Å². The van der Waals surface area contributed by atoms with Crippen LogP contribution in [-0.4, -0.2) is 35.7 Å². The van der Waals surface area contributed by atoms with E-state index < -0.39 is 12.1 Å². The average Bonchev–Trinajstić information content (AvgIpc) is 3.23. The van der Waals surface area contributed by atoms with Crippen LogP contribution in [0.3, 0.4) is 0 Å². The maximum absolute atomic E-state index is 12.0. The molecule has 8 heteroatoms. The van der Waals surface area contributed by atoms with Crippen molar-refractivity contribution in [3.63, 3.8) is 0 Å². The molecule has 144 valence electrons. The minimum Gasteiger partial charge on any atom is -0.497 e. The average molecular weight is 381 g/mol. The molecule has 0 aliphatic carbocycles. The Kier molecular flexibility index (Phi) is 6.01. The van der Waals surface area contributed by atoms with Crippen molar-refractivity contribution < 1.29 is 23.5 Å². The predicted molar refractivity (Wildman–Crippen MR) is 99.6 cm³/mol. The van der Waals surface area contributed by atoms with Crippen molar-refractivity contribution in [2.45, 2.75) is 13.0 Å². The summed E-state index contributed by atoms with van der Waals surface area (Å²) in [6.07, 6.45) is -0.749. The second-order valence-electron chi connectivity index (χ2n) is 5.85. The minimum absolute atomic E-state index is 0.161. The van der Waals surface area contributed by atoms with Gasteiger partial charge in [-0.1, -0.05) is 18.2 Å². The number of esters is 1. The van der Waals surface area contributed by atoms with Crippen molar-refractivity contribution in [3.8, 4) is 17.2 Å². The van der Waals surface area contributed by atoms with Crippen molar-refractivity contribution in [1.29, 1.82) is 0 Å². The summed E-state index contributed by atoms with van der Waals surface area (Å²) in [5.74, 6) is 0.209. The fourth-order valence-electron chi connectivity index (χ4n) is 2.38. The van der Waals surface area contributed by atoms with Crippen LogP contribution in [0.5, 0.6) is 5.75 Å². The van der Waals surface area contributed by atoms with Crippen LogP contribution >= 0.6 is 0 Å². The van der Waals surface area contributed by atoms with Crippen molar-refractivity contribution >= 4 is 11.9 Å². The van der Waals surface area contributed by atoms with E-state index in [0.717, 1.165) is 0 Å². The summed E-state index contributed by atoms with van der Waals surface area (Å²) in [7, 11) is 1.58. The van der Waals surface area contributed by atoms with Crippen LogP contribution in [0.4, 0.5) is 0 Å². The summed E-state index contributed by atoms with van der Waals surface area (Å²) in [4.78, 5) is 23.9. The van der Waals surface area contributed by atoms with Gasteiger partial charge in [0.05, 0.1) is 7.11 Å². The highest BCUT2D eigenvalue weighted by Crippen LogP contribution is 2.24. The molecule has 0 saturated heterocycles. The van der Waals surface area contributed by atoms with Crippen LogP contribution in [0.1, 0.15) is 29.3 Å². The normalized spacial score (nSPS) is 11.5. The number of methoxy groups -OCH3 is 1. The second kappa shape index (κ2) is 8.81. The fourth-order valence-corrected chi connectivity index (χ4v) is 2.38. The number of benzene rings is 2. The molecular formula is C20H19N3O5. The molecular weight excluding hydrogens is 362 g/mol. The Labute approximate surface area is 161 Å². The number of rotatable bonds is 7. The fraction of sp³-hybridized carbons (Fsp3) is 0.200. The molecule has 0 saturated carbocycles. The third-order valence-electron chi connectivity index (χ3n) is 3.86. The number of hydrogen-bond donors (Lipinski definition) is 1. The summed E-state index contributed by atoms with van der Waals surface area (Å²) < 4.78 is 15.9. The van der Waals surface area contributed by atoms with Gasteiger partial charge >= 0.3 is 5.97 Å². The molecule has 2 aromatic carbocycles. The van der Waals surface area contributed by atoms with E-state index in [2.05, 4.69) is 15.5 Å². The van der Waals surface area contributed by atoms with Crippen molar-refractivity contribution in [1.82, 2.24) is 15.5 Å². The molecule has 1 amide bonds. The summed E-state index contributed by atoms with van der Waals surface area (Å²) in [5, 5.41) is 10.4. The Balaban J connectivity index is 1.54. The molecule has 3 aromatic rings. The number of carbonyl (C=O) groups is 2. The van der Waals surface area contributed by atoms with Crippen LogP contribution < -0.4 is 10.1 Å². The van der Waals surface area contributed by atoms with E-state index in [0.29, 0.717) is 22.8 Å². The quantitative estimate of drug-likeness (QED) is 0.628. The Hall–Kier alpha value is -3.68. The van der Waals surface area contributed by atoms with E-state index in [1.54, 1.807) is 68.6 Å². The van der Waals surface area contributed by atoms with Crippen molar-refractivity contribution in [3.05, 3.63) is 66.1 Å². The van der Waals surface area contributed by atoms with Gasteiger partial charge in [-0.05, 0) is 43.3 Å². The molecule has 0 spiro atoms. The number of nitrogens with zero attached hydrogens (tertiary/aromatic N) is 2. The number of hydrogen-bond acceptors (Lipinski definition) is 7. The lowest BCUT2D eigenvalue weighted by Gasteiger charge is -2.10. The minimum atomic E-state index is -0.749. The first-order valence-electron chi connectivity index (χ1n) is 8.57. The molecule has 1 atom stereocenters. The molecule has 0 bridgehead atoms. The maximum Gasteiger partial charge on any atom is 0.326 e. The van der Waals surface area contributed by atoms with Gasteiger partial charge in [0.2, 0.25) is 5.89 Å². The van der Waals surface area contributed by atoms with E-state index in [4.69, 9.17) is 13.9 Å². The molecule has 0 radical (unpaired) electrons. The van der Waals surface area contributed by atoms with E-state index in [1.165, 1.54) is 0 Å². The zero-order chi connectivity index (χ0) is 19.9. The predicted octanol–water partition coefficient (Wildman–Crippen LogP) is 2.78. The molecule has 28 heavy (non-hydrogen) atoms. The van der Waals surface area contributed by atoms with E-state index in [1.807, 2.05) is 0 Å². The van der Waals surface area contributed by atoms with Gasteiger partial charge in [0.15, 0.2) is 6.10 Å². The van der Waals surface area contributed by atoms with Crippen LogP contribution in [0.15, 0.2) is 59.0 Å². The summed E-state index contributed by atoms with van der Waals surface area (Å²) in [6.45, 7) is 1.35. The number of carbonyl (C=O) groups excluding carboxylic acids is 2. The highest BCUT2D eigenvalue weighted by Gasteiger charge is 2.19. The third kappa shape index (κ3) is 4.73. The largest absolute Gasteiger partial charge is 0.497 e. The lowest BCUT2D eigenvalue weighted by Crippen LogP contribution is -2.31. The molecule has 8 nitrogen and oxygen atoms in total.